The first kappa shape index (κ1) is 21.2. The third kappa shape index (κ3) is 6.25. The smallest absolute Gasteiger partial charge is 0.416 e. The number of rotatable bonds is 10. The zero-order chi connectivity index (χ0) is 19.9. The summed E-state index contributed by atoms with van der Waals surface area (Å²) in [5.74, 6) is 0.150. The van der Waals surface area contributed by atoms with E-state index in [1.165, 1.54) is 7.11 Å². The fourth-order valence-corrected chi connectivity index (χ4v) is 2.71. The first-order valence-electron chi connectivity index (χ1n) is 8.90. The Balaban J connectivity index is 2.31. The van der Waals surface area contributed by atoms with Gasteiger partial charge in [0.15, 0.2) is 0 Å². The highest BCUT2D eigenvalue weighted by atomic mass is 19.4. The van der Waals surface area contributed by atoms with E-state index in [4.69, 9.17) is 9.47 Å². The second kappa shape index (κ2) is 9.75. The van der Waals surface area contributed by atoms with Gasteiger partial charge in [-0.05, 0) is 38.2 Å². The summed E-state index contributed by atoms with van der Waals surface area (Å²) < 4.78 is 50.3. The number of alkyl halides is 3. The van der Waals surface area contributed by atoms with Crippen molar-refractivity contribution < 1.29 is 22.6 Å². The number of aromatic amines is 1. The standard InChI is InChI=1S/C19H26F3N3O2/c1-4-5-6-25(2)13-15-12-23-24-18(15)14-9-16(19(20,21)22)11-17(10-14)27-8-7-26-3/h9-12H,4-8,13H2,1-3H3,(H,23,24). The number of methoxy groups -OCH3 is 1. The van der Waals surface area contributed by atoms with Crippen molar-refractivity contribution in [2.45, 2.75) is 32.5 Å². The minimum atomic E-state index is -4.46. The molecule has 0 aliphatic heterocycles. The van der Waals surface area contributed by atoms with Gasteiger partial charge in [0.05, 0.1) is 24.1 Å². The summed E-state index contributed by atoms with van der Waals surface area (Å²) >= 11 is 0. The van der Waals surface area contributed by atoms with Crippen LogP contribution < -0.4 is 4.74 Å². The summed E-state index contributed by atoms with van der Waals surface area (Å²) in [5.41, 5.74) is 1.05. The predicted octanol–water partition coefficient (Wildman–Crippen LogP) is 4.35. The second-order valence-corrected chi connectivity index (χ2v) is 6.45. The average molecular weight is 385 g/mol. The molecule has 5 nitrogen and oxygen atoms in total. The van der Waals surface area contributed by atoms with Crippen LogP contribution in [-0.2, 0) is 17.5 Å². The maximum Gasteiger partial charge on any atom is 0.416 e. The Kier molecular flexibility index (Phi) is 7.67. The monoisotopic (exact) mass is 385 g/mol. The molecule has 27 heavy (non-hydrogen) atoms. The molecule has 1 aromatic heterocycles. The topological polar surface area (TPSA) is 50.4 Å². The Morgan fingerprint density at radius 2 is 1.96 bits per heavy atom. The number of hydrogen-bond donors (Lipinski definition) is 1. The largest absolute Gasteiger partial charge is 0.491 e. The molecule has 1 heterocycles. The van der Waals surface area contributed by atoms with Crippen molar-refractivity contribution in [1.29, 1.82) is 0 Å². The minimum absolute atomic E-state index is 0.150. The van der Waals surface area contributed by atoms with Gasteiger partial charge in [-0.1, -0.05) is 13.3 Å². The lowest BCUT2D eigenvalue weighted by molar-refractivity contribution is -0.137. The van der Waals surface area contributed by atoms with Crippen molar-refractivity contribution >= 4 is 0 Å². The van der Waals surface area contributed by atoms with Gasteiger partial charge in [0.25, 0.3) is 0 Å². The highest BCUT2D eigenvalue weighted by Gasteiger charge is 2.32. The van der Waals surface area contributed by atoms with E-state index in [-0.39, 0.29) is 12.4 Å². The Hall–Kier alpha value is -2.06. The third-order valence-corrected chi connectivity index (χ3v) is 4.13. The van der Waals surface area contributed by atoms with Crippen molar-refractivity contribution in [3.05, 3.63) is 35.5 Å². The molecule has 0 amide bonds. The third-order valence-electron chi connectivity index (χ3n) is 4.13. The summed E-state index contributed by atoms with van der Waals surface area (Å²) in [6.45, 7) is 4.10. The Morgan fingerprint density at radius 3 is 2.63 bits per heavy atom. The number of unbranched alkanes of at least 4 members (excludes halogenated alkanes) is 1. The van der Waals surface area contributed by atoms with Gasteiger partial charge in [0.1, 0.15) is 12.4 Å². The molecule has 0 bridgehead atoms. The molecule has 0 saturated carbocycles. The fourth-order valence-electron chi connectivity index (χ4n) is 2.71. The van der Waals surface area contributed by atoms with Crippen molar-refractivity contribution in [3.8, 4) is 17.0 Å². The maximum atomic E-state index is 13.3. The number of ether oxygens (including phenoxy) is 2. The molecule has 2 aromatic rings. The molecule has 0 radical (unpaired) electrons. The molecule has 0 spiro atoms. The Labute approximate surface area is 157 Å². The van der Waals surface area contributed by atoms with Gasteiger partial charge in [-0.15, -0.1) is 0 Å². The molecule has 0 fully saturated rings. The van der Waals surface area contributed by atoms with Gasteiger partial charge in [-0.2, -0.15) is 18.3 Å². The molecular weight excluding hydrogens is 359 g/mol. The minimum Gasteiger partial charge on any atom is -0.491 e. The number of halogens is 3. The first-order chi connectivity index (χ1) is 12.8. The first-order valence-corrected chi connectivity index (χ1v) is 8.90. The number of aromatic nitrogens is 2. The van der Waals surface area contributed by atoms with Crippen LogP contribution in [0.15, 0.2) is 24.4 Å². The lowest BCUT2D eigenvalue weighted by Crippen LogP contribution is -2.19. The van der Waals surface area contributed by atoms with Crippen molar-refractivity contribution in [2.75, 3.05) is 33.9 Å². The van der Waals surface area contributed by atoms with E-state index in [1.54, 1.807) is 12.3 Å². The van der Waals surface area contributed by atoms with Crippen LogP contribution in [-0.4, -0.2) is 49.0 Å². The molecule has 0 unspecified atom stereocenters. The highest BCUT2D eigenvalue weighted by molar-refractivity contribution is 5.65. The van der Waals surface area contributed by atoms with Crippen LogP contribution in [0.2, 0.25) is 0 Å². The van der Waals surface area contributed by atoms with Crippen molar-refractivity contribution in [2.24, 2.45) is 0 Å². The normalized spacial score (nSPS) is 12.0. The zero-order valence-electron chi connectivity index (χ0n) is 15.9. The van der Waals surface area contributed by atoms with Gasteiger partial charge in [-0.25, -0.2) is 0 Å². The molecule has 1 N–H and O–H groups in total. The molecule has 0 aliphatic carbocycles. The SMILES string of the molecule is CCCCN(C)Cc1cn[nH]c1-c1cc(OCCOC)cc(C(F)(F)F)c1. The van der Waals surface area contributed by atoms with E-state index in [1.807, 2.05) is 7.05 Å². The van der Waals surface area contributed by atoms with Gasteiger partial charge < -0.3 is 14.4 Å². The highest BCUT2D eigenvalue weighted by Crippen LogP contribution is 2.36. The molecule has 0 atom stereocenters. The van der Waals surface area contributed by atoms with Gasteiger partial charge in [-0.3, -0.25) is 5.10 Å². The van der Waals surface area contributed by atoms with E-state index < -0.39 is 11.7 Å². The summed E-state index contributed by atoms with van der Waals surface area (Å²) in [4.78, 5) is 2.13. The van der Waals surface area contributed by atoms with Crippen LogP contribution in [0.3, 0.4) is 0 Å². The maximum absolute atomic E-state index is 13.3. The van der Waals surface area contributed by atoms with E-state index in [0.29, 0.717) is 24.4 Å². The summed E-state index contributed by atoms with van der Waals surface area (Å²) in [6, 6.07) is 3.71. The Bertz CT molecular complexity index is 716. The van der Waals surface area contributed by atoms with E-state index in [0.717, 1.165) is 37.1 Å². The number of nitrogens with one attached hydrogen (secondary N) is 1. The van der Waals surface area contributed by atoms with Crippen molar-refractivity contribution in [1.82, 2.24) is 15.1 Å². The van der Waals surface area contributed by atoms with Gasteiger partial charge >= 0.3 is 6.18 Å². The summed E-state index contributed by atoms with van der Waals surface area (Å²) in [5, 5.41) is 6.87. The molecule has 0 aliphatic rings. The number of nitrogens with zero attached hydrogens (tertiary/aromatic N) is 2. The lowest BCUT2D eigenvalue weighted by Gasteiger charge is -2.17. The van der Waals surface area contributed by atoms with Crippen LogP contribution in [0.5, 0.6) is 5.75 Å². The fraction of sp³-hybridized carbons (Fsp3) is 0.526. The van der Waals surface area contributed by atoms with Gasteiger partial charge in [0.2, 0.25) is 0 Å². The number of benzene rings is 1. The average Bonchev–Trinajstić information content (AvgIpc) is 3.07. The van der Waals surface area contributed by atoms with Crippen LogP contribution >= 0.6 is 0 Å². The molecule has 0 saturated heterocycles. The van der Waals surface area contributed by atoms with E-state index in [9.17, 15) is 13.2 Å². The number of hydrogen-bond acceptors (Lipinski definition) is 4. The van der Waals surface area contributed by atoms with Gasteiger partial charge in [0, 0.05) is 24.8 Å². The second-order valence-electron chi connectivity index (χ2n) is 6.45. The van der Waals surface area contributed by atoms with Crippen LogP contribution in [0, 0.1) is 0 Å². The van der Waals surface area contributed by atoms with Crippen LogP contribution in [0.4, 0.5) is 13.2 Å². The molecule has 2 rings (SSSR count). The van der Waals surface area contributed by atoms with Crippen LogP contribution in [0.1, 0.15) is 30.9 Å². The summed E-state index contributed by atoms with van der Waals surface area (Å²) in [7, 11) is 3.49. The van der Waals surface area contributed by atoms with E-state index in [2.05, 4.69) is 22.0 Å². The van der Waals surface area contributed by atoms with Crippen molar-refractivity contribution in [3.63, 3.8) is 0 Å². The van der Waals surface area contributed by atoms with E-state index >= 15 is 0 Å². The molecule has 150 valence electrons. The lowest BCUT2D eigenvalue weighted by atomic mass is 10.0. The molecular formula is C19H26F3N3O2. The molecule has 1 aromatic carbocycles. The predicted molar refractivity (Wildman–Crippen MR) is 97.6 cm³/mol. The molecule has 8 heteroatoms. The van der Waals surface area contributed by atoms with Crippen LogP contribution in [0.25, 0.3) is 11.3 Å². The zero-order valence-corrected chi connectivity index (χ0v) is 15.9. The Morgan fingerprint density at radius 1 is 1.19 bits per heavy atom. The summed E-state index contributed by atoms with van der Waals surface area (Å²) in [6.07, 6.45) is -0.667. The number of H-pyrrole nitrogens is 1. The quantitative estimate of drug-likeness (QED) is 0.618.